The molecule has 0 radical (unpaired) electrons. The summed E-state index contributed by atoms with van der Waals surface area (Å²) in [6, 6.07) is 1.27. The van der Waals surface area contributed by atoms with Gasteiger partial charge in [-0.3, -0.25) is 4.79 Å². The van der Waals surface area contributed by atoms with E-state index >= 15 is 0 Å². The lowest BCUT2D eigenvalue weighted by atomic mass is 10.1. The predicted octanol–water partition coefficient (Wildman–Crippen LogP) is 1.92. The van der Waals surface area contributed by atoms with Crippen LogP contribution in [0.1, 0.15) is 39.2 Å². The highest BCUT2D eigenvalue weighted by Gasteiger charge is 2.30. The summed E-state index contributed by atoms with van der Waals surface area (Å²) in [5.74, 6) is 0. The van der Waals surface area contributed by atoms with E-state index in [-0.39, 0.29) is 11.6 Å². The van der Waals surface area contributed by atoms with Crippen LogP contribution in [0.4, 0.5) is 5.69 Å². The van der Waals surface area contributed by atoms with Gasteiger partial charge in [-0.1, -0.05) is 0 Å². The van der Waals surface area contributed by atoms with Crippen LogP contribution in [0.2, 0.25) is 0 Å². The van der Waals surface area contributed by atoms with Crippen molar-refractivity contribution < 1.29 is 0 Å². The van der Waals surface area contributed by atoms with Gasteiger partial charge in [0.05, 0.1) is 17.9 Å². The molecule has 1 N–H and O–H groups in total. The largest absolute Gasteiger partial charge is 0.368 e. The minimum atomic E-state index is -0.0418. The Labute approximate surface area is 127 Å². The van der Waals surface area contributed by atoms with Crippen LogP contribution in [0, 0.1) is 0 Å². The molecule has 2 unspecified atom stereocenters. The molecule has 0 aliphatic carbocycles. The summed E-state index contributed by atoms with van der Waals surface area (Å²) in [5.41, 5.74) is 0.890. The molecule has 110 valence electrons. The van der Waals surface area contributed by atoms with Gasteiger partial charge in [0.25, 0.3) is 5.56 Å². The smallest absolute Gasteiger partial charge is 0.283 e. The Morgan fingerprint density at radius 3 is 2.85 bits per heavy atom. The summed E-state index contributed by atoms with van der Waals surface area (Å²) in [6.45, 7) is 5.88. The average molecular weight is 341 g/mol. The lowest BCUT2D eigenvalue weighted by molar-refractivity contribution is 0.499. The van der Waals surface area contributed by atoms with Crippen molar-refractivity contribution >= 4 is 21.6 Å². The van der Waals surface area contributed by atoms with Crippen molar-refractivity contribution in [2.75, 3.05) is 18.0 Å². The Balaban J connectivity index is 1.90. The normalized spacial score (nSPS) is 26.1. The first-order valence-corrected chi connectivity index (χ1v) is 8.14. The van der Waals surface area contributed by atoms with Gasteiger partial charge in [-0.2, -0.15) is 5.10 Å². The van der Waals surface area contributed by atoms with Crippen molar-refractivity contribution in [2.24, 2.45) is 0 Å². The fourth-order valence-corrected chi connectivity index (χ4v) is 3.72. The van der Waals surface area contributed by atoms with E-state index in [4.69, 9.17) is 0 Å². The van der Waals surface area contributed by atoms with Crippen LogP contribution in [0.3, 0.4) is 0 Å². The van der Waals surface area contributed by atoms with Crippen molar-refractivity contribution in [3.8, 4) is 0 Å². The summed E-state index contributed by atoms with van der Waals surface area (Å²) < 4.78 is 2.16. The topological polar surface area (TPSA) is 50.2 Å². The van der Waals surface area contributed by atoms with E-state index in [9.17, 15) is 4.79 Å². The summed E-state index contributed by atoms with van der Waals surface area (Å²) in [4.78, 5) is 14.6. The van der Waals surface area contributed by atoms with Crippen LogP contribution < -0.4 is 15.8 Å². The van der Waals surface area contributed by atoms with E-state index in [1.54, 1.807) is 0 Å². The maximum Gasteiger partial charge on any atom is 0.283 e. The van der Waals surface area contributed by atoms with Crippen LogP contribution >= 0.6 is 15.9 Å². The molecule has 3 rings (SSSR count). The molecule has 1 aromatic heterocycles. The molecular weight excluding hydrogens is 320 g/mol. The molecule has 5 nitrogen and oxygen atoms in total. The number of rotatable bonds is 2. The first-order valence-electron chi connectivity index (χ1n) is 7.34. The first-order chi connectivity index (χ1) is 9.56. The Bertz CT molecular complexity index is 557. The number of hydrogen-bond acceptors (Lipinski definition) is 4. The fourth-order valence-electron chi connectivity index (χ4n) is 3.19. The Hall–Kier alpha value is -0.880. The zero-order chi connectivity index (χ0) is 14.3. The Morgan fingerprint density at radius 2 is 2.10 bits per heavy atom. The third kappa shape index (κ3) is 2.51. The minimum Gasteiger partial charge on any atom is -0.368 e. The fraction of sp³-hybridized carbons (Fsp3) is 0.714. The Morgan fingerprint density at radius 1 is 1.35 bits per heavy atom. The maximum atomic E-state index is 12.3. The van der Waals surface area contributed by atoms with E-state index in [1.807, 2.05) is 20.0 Å². The van der Waals surface area contributed by atoms with Crippen molar-refractivity contribution in [3.63, 3.8) is 0 Å². The number of aromatic nitrogens is 2. The van der Waals surface area contributed by atoms with Gasteiger partial charge in [0.2, 0.25) is 0 Å². The zero-order valence-electron chi connectivity index (χ0n) is 12.0. The molecule has 0 saturated carbocycles. The van der Waals surface area contributed by atoms with Crippen molar-refractivity contribution in [3.05, 3.63) is 21.0 Å². The van der Waals surface area contributed by atoms with Crippen LogP contribution in [0.5, 0.6) is 0 Å². The molecule has 0 spiro atoms. The molecule has 1 aromatic rings. The van der Waals surface area contributed by atoms with E-state index in [0.717, 1.165) is 25.2 Å². The first kappa shape index (κ1) is 14.1. The van der Waals surface area contributed by atoms with Gasteiger partial charge < -0.3 is 10.2 Å². The molecule has 2 aliphatic rings. The number of nitrogens with zero attached hydrogens (tertiary/aromatic N) is 3. The third-order valence-corrected chi connectivity index (χ3v) is 5.02. The van der Waals surface area contributed by atoms with Crippen LogP contribution in [0.15, 0.2) is 15.5 Å². The number of fused-ring (bicyclic) bond motifs is 2. The molecule has 3 heterocycles. The molecule has 6 heteroatoms. The number of nitrogens with one attached hydrogen (secondary N) is 1. The second-order valence-corrected chi connectivity index (χ2v) is 6.85. The van der Waals surface area contributed by atoms with E-state index in [2.05, 4.69) is 31.2 Å². The third-order valence-electron chi connectivity index (χ3n) is 4.28. The summed E-state index contributed by atoms with van der Waals surface area (Å²) in [6.07, 6.45) is 5.48. The highest BCUT2D eigenvalue weighted by atomic mass is 79.9. The van der Waals surface area contributed by atoms with E-state index in [0.29, 0.717) is 16.6 Å². The van der Waals surface area contributed by atoms with Gasteiger partial charge >= 0.3 is 0 Å². The van der Waals surface area contributed by atoms with E-state index < -0.39 is 0 Å². The average Bonchev–Trinajstić information content (AvgIpc) is 2.73. The van der Waals surface area contributed by atoms with Gasteiger partial charge in [0.15, 0.2) is 0 Å². The monoisotopic (exact) mass is 340 g/mol. The number of hydrogen-bond donors (Lipinski definition) is 1. The molecule has 2 saturated heterocycles. The van der Waals surface area contributed by atoms with Gasteiger partial charge in [-0.25, -0.2) is 4.68 Å². The molecule has 20 heavy (non-hydrogen) atoms. The van der Waals surface area contributed by atoms with Crippen LogP contribution in [-0.4, -0.2) is 35.0 Å². The second kappa shape index (κ2) is 5.48. The van der Waals surface area contributed by atoms with Crippen molar-refractivity contribution in [1.29, 1.82) is 0 Å². The predicted molar refractivity (Wildman–Crippen MR) is 83.4 cm³/mol. The lowest BCUT2D eigenvalue weighted by Crippen LogP contribution is -2.37. The highest BCUT2D eigenvalue weighted by molar-refractivity contribution is 9.10. The molecule has 2 atom stereocenters. The zero-order valence-corrected chi connectivity index (χ0v) is 13.6. The molecule has 2 aliphatic heterocycles. The minimum absolute atomic E-state index is 0.0418. The molecule has 0 amide bonds. The van der Waals surface area contributed by atoms with E-state index in [1.165, 1.54) is 17.5 Å². The maximum absolute atomic E-state index is 12.3. The lowest BCUT2D eigenvalue weighted by Gasteiger charge is -2.27. The molecule has 2 fully saturated rings. The molecule has 2 bridgehead atoms. The SMILES string of the molecule is CC(C)n1ncc(N2CCC3CCC(C2)N3)c(Br)c1=O. The van der Waals surface area contributed by atoms with Crippen LogP contribution in [0.25, 0.3) is 0 Å². The van der Waals surface area contributed by atoms with Gasteiger partial charge in [0, 0.05) is 25.2 Å². The second-order valence-electron chi connectivity index (χ2n) is 6.06. The standard InChI is InChI=1S/C14H21BrN4O/c1-9(2)19-14(20)13(15)12(7-16-19)18-6-5-10-3-4-11(8-18)17-10/h7,9-11,17H,3-6,8H2,1-2H3. The van der Waals surface area contributed by atoms with Crippen molar-refractivity contribution in [1.82, 2.24) is 15.1 Å². The molecular formula is C14H21BrN4O. The number of halogens is 1. The summed E-state index contributed by atoms with van der Waals surface area (Å²) in [5, 5.41) is 7.97. The highest BCUT2D eigenvalue weighted by Crippen LogP contribution is 2.27. The van der Waals surface area contributed by atoms with Gasteiger partial charge in [0.1, 0.15) is 4.47 Å². The van der Waals surface area contributed by atoms with Gasteiger partial charge in [-0.05, 0) is 49.0 Å². The Kier molecular flexibility index (Phi) is 3.86. The number of anilines is 1. The van der Waals surface area contributed by atoms with Crippen molar-refractivity contribution in [2.45, 2.75) is 51.2 Å². The quantitative estimate of drug-likeness (QED) is 0.893. The summed E-state index contributed by atoms with van der Waals surface area (Å²) in [7, 11) is 0. The molecule has 0 aromatic carbocycles. The summed E-state index contributed by atoms with van der Waals surface area (Å²) >= 11 is 3.48. The van der Waals surface area contributed by atoms with Gasteiger partial charge in [-0.15, -0.1) is 0 Å². The van der Waals surface area contributed by atoms with Crippen LogP contribution in [-0.2, 0) is 0 Å².